The van der Waals surface area contributed by atoms with Crippen molar-refractivity contribution in [2.24, 2.45) is 17.8 Å². The van der Waals surface area contributed by atoms with Crippen molar-refractivity contribution >= 4 is 70.9 Å². The second-order valence-electron chi connectivity index (χ2n) is 29.7. The summed E-state index contributed by atoms with van der Waals surface area (Å²) in [6.45, 7) is 9.11. The molecule has 5 fully saturated rings. The Kier molecular flexibility index (Phi) is 28.9. The average Bonchev–Trinajstić information content (AvgIpc) is 1.62. The summed E-state index contributed by atoms with van der Waals surface area (Å²) < 4.78 is 42.5. The number of benzene rings is 2. The van der Waals surface area contributed by atoms with E-state index in [9.17, 15) is 37.1 Å². The molecule has 2 aliphatic heterocycles. The van der Waals surface area contributed by atoms with Crippen LogP contribution in [0.5, 0.6) is 0 Å². The van der Waals surface area contributed by atoms with Gasteiger partial charge in [-0.3, -0.25) is 57.5 Å². The molecule has 2 heterocycles. The van der Waals surface area contributed by atoms with Crippen molar-refractivity contribution in [1.82, 2.24) is 60.0 Å². The minimum absolute atomic E-state index is 0.0150. The topological polar surface area (TPSA) is 270 Å². The van der Waals surface area contributed by atoms with Gasteiger partial charge in [0.05, 0.1) is 31.6 Å². The maximum Gasteiger partial charge on any atom is 0.416 e. The van der Waals surface area contributed by atoms with Crippen LogP contribution in [0.15, 0.2) is 55.1 Å². The fraction of sp³-hybridized carbons (Fsp3) is 0.658. The lowest BCUT2D eigenvalue weighted by molar-refractivity contribution is -0.158. The van der Waals surface area contributed by atoms with Gasteiger partial charge in [0.2, 0.25) is 70.9 Å². The van der Waals surface area contributed by atoms with Crippen LogP contribution in [-0.2, 0) is 83.0 Å². The number of alkyl halides is 3. The Morgan fingerprint density at radius 2 is 1.31 bits per heavy atom. The first kappa shape index (κ1) is 81.9. The largest absolute Gasteiger partial charge is 0.416 e. The van der Waals surface area contributed by atoms with Crippen molar-refractivity contribution in [3.8, 4) is 0 Å². The average molecular weight is 1440 g/mol. The van der Waals surface area contributed by atoms with Gasteiger partial charge in [0.1, 0.15) is 47.8 Å². The molecule has 0 aromatic heterocycles. The van der Waals surface area contributed by atoms with Gasteiger partial charge in [-0.25, -0.2) is 0 Å². The highest BCUT2D eigenvalue weighted by molar-refractivity contribution is 6.01. The molecule has 2 saturated heterocycles. The van der Waals surface area contributed by atoms with Crippen LogP contribution in [0, 0.1) is 24.7 Å². The summed E-state index contributed by atoms with van der Waals surface area (Å²) in [4.78, 5) is 191. The van der Waals surface area contributed by atoms with Crippen molar-refractivity contribution in [2.45, 2.75) is 217 Å². The highest BCUT2D eigenvalue weighted by Crippen LogP contribution is 2.39. The van der Waals surface area contributed by atoms with Crippen LogP contribution < -0.4 is 16.0 Å². The Hall–Kier alpha value is -8.39. The molecule has 5 aliphatic rings. The summed E-state index contributed by atoms with van der Waals surface area (Å²) in [6, 6.07) is 2.08. The lowest BCUT2D eigenvalue weighted by Gasteiger charge is -2.46. The lowest BCUT2D eigenvalue weighted by Crippen LogP contribution is -2.68. The molecular weight excluding hydrogens is 1330 g/mol. The summed E-state index contributed by atoms with van der Waals surface area (Å²) in [5.74, 6) is -8.86. The first-order valence-corrected chi connectivity index (χ1v) is 36.8. The first-order chi connectivity index (χ1) is 48.7. The molecule has 7 rings (SSSR count). The van der Waals surface area contributed by atoms with Crippen LogP contribution in [0.3, 0.4) is 0 Å². The highest BCUT2D eigenvalue weighted by atomic mass is 19.4. The normalized spacial score (nSPS) is 25.1. The number of hydrogen-bond donors (Lipinski definition) is 3. The number of fused-ring (bicyclic) bond motifs is 1. The summed E-state index contributed by atoms with van der Waals surface area (Å²) >= 11 is 0. The molecule has 27 heteroatoms. The third kappa shape index (κ3) is 20.3. The van der Waals surface area contributed by atoms with Crippen LogP contribution in [0.2, 0.25) is 0 Å². The van der Waals surface area contributed by atoms with Crippen LogP contribution in [0.4, 0.5) is 13.2 Å². The Bertz CT molecular complexity index is 3410. The van der Waals surface area contributed by atoms with Gasteiger partial charge in [-0.15, -0.1) is 6.58 Å². The number of rotatable bonds is 15. The van der Waals surface area contributed by atoms with Crippen molar-refractivity contribution in [3.05, 3.63) is 82.9 Å². The minimum Gasteiger partial charge on any atom is -0.347 e. The number of aryl methyl sites for hydroxylation is 3. The summed E-state index contributed by atoms with van der Waals surface area (Å²) in [5, 5.41) is 8.76. The van der Waals surface area contributed by atoms with Gasteiger partial charge in [-0.2, -0.15) is 13.2 Å². The molecule has 12 amide bonds. The molecule has 103 heavy (non-hydrogen) atoms. The van der Waals surface area contributed by atoms with E-state index in [2.05, 4.69) is 22.5 Å². The number of nitrogens with zero attached hydrogens (tertiary/aromatic N) is 9. The van der Waals surface area contributed by atoms with Gasteiger partial charge in [-0.1, -0.05) is 114 Å². The molecule has 0 bridgehead atoms. The number of hydrogen-bond acceptors (Lipinski definition) is 12. The standard InChI is InChI=1S/C76H111F3N12O12/c1-14-17-39-90-60(43-52-31-29-48(4)30-32-52)71(100)85(9)45-61(92)80-56(36-34-51-33-35-55(76(77,78)79)53(16-3)41-51)69(98)91-40-22-28-57(91)68(97)82-75(37-23-38-75)74(103)89(13)66(54-26-20-21-27-54)73(102)88(12)59(70(99)83(6)7)44-62(93)87(11)58(42-50-24-18-19-25-50)67(96)81-65(49(5)15-2)72(101)86(10)46-63(94)84(8)47-64(90)95/h14,29-33,35,41,49-50,54,56-60,65-66H,1,15-28,34,36-40,42-47H2,2-13H3,(H,80,92)(H,81,96)(H,82,97)/t49-,56+,57-,58-,59-,60-,65-,66-/m0/s1. The van der Waals surface area contributed by atoms with Gasteiger partial charge in [0.15, 0.2) is 0 Å². The Morgan fingerprint density at radius 1 is 0.689 bits per heavy atom. The fourth-order valence-corrected chi connectivity index (χ4v) is 15.3. The van der Waals surface area contributed by atoms with E-state index in [0.717, 1.165) is 64.9 Å². The number of amides is 12. The Morgan fingerprint density at radius 3 is 1.90 bits per heavy atom. The van der Waals surface area contributed by atoms with Gasteiger partial charge in [0.25, 0.3) is 0 Å². The van der Waals surface area contributed by atoms with E-state index in [0.29, 0.717) is 43.2 Å². The zero-order chi connectivity index (χ0) is 75.9. The zero-order valence-electron chi connectivity index (χ0n) is 62.5. The predicted molar refractivity (Wildman–Crippen MR) is 382 cm³/mol. The molecule has 1 spiro atoms. The number of carbonyl (C=O) groups is 12. The maximum absolute atomic E-state index is 15.5. The van der Waals surface area contributed by atoms with Crippen LogP contribution >= 0.6 is 0 Å². The third-order valence-electron chi connectivity index (χ3n) is 22.2. The lowest BCUT2D eigenvalue weighted by atomic mass is 9.74. The van der Waals surface area contributed by atoms with Gasteiger partial charge in [0, 0.05) is 75.9 Å². The molecule has 0 radical (unpaired) electrons. The van der Waals surface area contributed by atoms with Gasteiger partial charge >= 0.3 is 6.18 Å². The number of likely N-dealkylation sites (N-methyl/N-ethyl adjacent to an activating group) is 7. The molecule has 8 atom stereocenters. The van der Waals surface area contributed by atoms with Gasteiger partial charge in [-0.05, 0) is 124 Å². The van der Waals surface area contributed by atoms with E-state index >= 15 is 33.6 Å². The highest BCUT2D eigenvalue weighted by Gasteiger charge is 2.53. The smallest absolute Gasteiger partial charge is 0.347 e. The molecule has 3 N–H and O–H groups in total. The van der Waals surface area contributed by atoms with Crippen molar-refractivity contribution in [3.63, 3.8) is 0 Å². The summed E-state index contributed by atoms with van der Waals surface area (Å²) in [5.41, 5.74) is -0.346. The third-order valence-corrected chi connectivity index (χ3v) is 22.2. The predicted octanol–water partition coefficient (Wildman–Crippen LogP) is 5.69. The van der Waals surface area contributed by atoms with Crippen molar-refractivity contribution in [2.75, 3.05) is 89.1 Å². The van der Waals surface area contributed by atoms with Crippen LogP contribution in [0.25, 0.3) is 0 Å². The van der Waals surface area contributed by atoms with Gasteiger partial charge < -0.3 is 60.0 Å². The van der Waals surface area contributed by atoms with E-state index in [1.54, 1.807) is 32.1 Å². The molecular formula is C76H111F3N12O12. The Balaban J connectivity index is 1.30. The molecule has 0 unspecified atom stereocenters. The number of halogens is 3. The molecule has 2 aromatic rings. The number of carbonyl (C=O) groups excluding carboxylic acids is 12. The van der Waals surface area contributed by atoms with Crippen molar-refractivity contribution in [1.29, 1.82) is 0 Å². The second-order valence-corrected chi connectivity index (χ2v) is 29.7. The van der Waals surface area contributed by atoms with Crippen LogP contribution in [-0.4, -0.2) is 252 Å². The SMILES string of the molecule is C=CCCN1C(=O)CN(C)C(=O)CN(C)C(=O)[C@H]([C@@H](C)CC)NC(=O)[C@H](CC2CCCC2)N(C)C(=O)C[C@@H](C(=O)N(C)C)N(C)C(=O)[C@H](C2CCCC2)N(C)C(=O)C2(CCC2)NC(=O)[C@@H]2CCCN2C(=O)[C@@H](CCc2ccc(C(F)(F)F)c(CC)c2)NC(=O)CN(C)C(=O)[C@@H]1Cc1ccc(C)cc1. The van der Waals surface area contributed by atoms with Crippen molar-refractivity contribution < 1.29 is 70.7 Å². The fourth-order valence-electron chi connectivity index (χ4n) is 15.3. The molecule has 3 saturated carbocycles. The van der Waals surface area contributed by atoms with E-state index in [4.69, 9.17) is 0 Å². The number of nitrogens with one attached hydrogen (secondary N) is 3. The zero-order valence-corrected chi connectivity index (χ0v) is 62.5. The second kappa shape index (κ2) is 36.4. The quantitative estimate of drug-likeness (QED) is 0.182. The first-order valence-electron chi connectivity index (χ1n) is 36.8. The minimum atomic E-state index is -4.64. The van der Waals surface area contributed by atoms with E-state index in [-0.39, 0.29) is 82.4 Å². The van der Waals surface area contributed by atoms with E-state index < -0.39 is 168 Å². The summed E-state index contributed by atoms with van der Waals surface area (Å²) in [6.07, 6.45) is 4.22. The van der Waals surface area contributed by atoms with E-state index in [1.807, 2.05) is 26.0 Å². The Labute approximate surface area is 605 Å². The molecule has 568 valence electrons. The molecule has 3 aliphatic carbocycles. The molecule has 2 aromatic carbocycles. The van der Waals surface area contributed by atoms with E-state index in [1.165, 1.54) is 97.9 Å². The molecule has 24 nitrogen and oxygen atoms in total. The maximum atomic E-state index is 15.5. The monoisotopic (exact) mass is 1440 g/mol. The summed E-state index contributed by atoms with van der Waals surface area (Å²) in [7, 11) is 11.5. The van der Waals surface area contributed by atoms with Crippen LogP contribution in [0.1, 0.15) is 164 Å².